The van der Waals surface area contributed by atoms with E-state index in [0.29, 0.717) is 43.8 Å². The Balaban J connectivity index is 1.96. The Morgan fingerprint density at radius 1 is 1.00 bits per heavy atom. The fourth-order valence-electron chi connectivity index (χ4n) is 2.99. The Kier molecular flexibility index (Phi) is 11.3. The number of para-hydroxylation sites is 1. The minimum absolute atomic E-state index is 0.145. The molecule has 0 radical (unpaired) electrons. The van der Waals surface area contributed by atoms with Gasteiger partial charge in [-0.05, 0) is 42.7 Å². The summed E-state index contributed by atoms with van der Waals surface area (Å²) in [6, 6.07) is 14.8. The highest BCUT2D eigenvalue weighted by atomic mass is 16.6. The van der Waals surface area contributed by atoms with Crippen LogP contribution in [0.15, 0.2) is 48.5 Å². The Morgan fingerprint density at radius 2 is 1.79 bits per heavy atom. The van der Waals surface area contributed by atoms with Crippen LogP contribution in [0.4, 0.5) is 4.79 Å². The van der Waals surface area contributed by atoms with Crippen LogP contribution in [0.25, 0.3) is 0 Å². The number of alkyl carbamates (subject to hydrolysis) is 1. The Morgan fingerprint density at radius 3 is 2.48 bits per heavy atom. The summed E-state index contributed by atoms with van der Waals surface area (Å²) < 4.78 is 16.1. The maximum absolute atomic E-state index is 13.0. The quantitative estimate of drug-likeness (QED) is 0.273. The van der Waals surface area contributed by atoms with E-state index in [0.717, 1.165) is 17.7 Å². The molecular weight excluding hydrogens is 420 g/mol. The molecule has 176 valence electrons. The number of carbonyl (C=O) groups is 2. The summed E-state index contributed by atoms with van der Waals surface area (Å²) in [7, 11) is 0. The molecule has 0 saturated heterocycles. The predicted molar refractivity (Wildman–Crippen MR) is 127 cm³/mol. The molecule has 0 spiro atoms. The first-order valence-corrected chi connectivity index (χ1v) is 11.2. The molecule has 2 aromatic carbocycles. The average molecular weight is 453 g/mol. The minimum atomic E-state index is -0.615. The van der Waals surface area contributed by atoms with Crippen molar-refractivity contribution >= 4 is 12.0 Å². The maximum atomic E-state index is 13.0. The molecule has 2 N–H and O–H groups in total. The number of ether oxygens (including phenoxy) is 3. The number of carbonyl (C=O) groups excluding carboxylic acids is 2. The third-order valence-electron chi connectivity index (χ3n) is 4.72. The zero-order valence-corrected chi connectivity index (χ0v) is 19.3. The number of hydrogen-bond acceptors (Lipinski definition) is 5. The Bertz CT molecular complexity index is 924. The Labute approximate surface area is 195 Å². The monoisotopic (exact) mass is 452 g/mol. The number of nitrogens with one attached hydrogen (secondary N) is 2. The number of terminal acetylenes is 1. The fourth-order valence-corrected chi connectivity index (χ4v) is 2.99. The smallest absolute Gasteiger partial charge is 0.408 e. The molecule has 0 aliphatic rings. The van der Waals surface area contributed by atoms with E-state index in [1.807, 2.05) is 50.2 Å². The molecule has 2 aromatic rings. The van der Waals surface area contributed by atoms with Crippen molar-refractivity contribution in [2.45, 2.75) is 39.3 Å². The van der Waals surface area contributed by atoms with Crippen LogP contribution in [0.3, 0.4) is 0 Å². The lowest BCUT2D eigenvalue weighted by Gasteiger charge is -2.20. The zero-order valence-electron chi connectivity index (χ0n) is 19.3. The zero-order chi connectivity index (χ0) is 23.9. The third-order valence-corrected chi connectivity index (χ3v) is 4.72. The van der Waals surface area contributed by atoms with Crippen molar-refractivity contribution in [1.29, 1.82) is 0 Å². The first kappa shape index (κ1) is 25.8. The molecule has 7 nitrogen and oxygen atoms in total. The number of hydrogen-bond donors (Lipinski definition) is 2. The van der Waals surface area contributed by atoms with Crippen molar-refractivity contribution in [3.63, 3.8) is 0 Å². The van der Waals surface area contributed by atoms with Crippen LogP contribution in [0.1, 0.15) is 48.2 Å². The summed E-state index contributed by atoms with van der Waals surface area (Å²) in [6.45, 7) is 5.35. The molecule has 0 bridgehead atoms. The van der Waals surface area contributed by atoms with Crippen LogP contribution in [0, 0.1) is 12.3 Å². The lowest BCUT2D eigenvalue weighted by atomic mass is 10.0. The largest absolute Gasteiger partial charge is 0.493 e. The van der Waals surface area contributed by atoms with E-state index in [1.54, 1.807) is 12.1 Å². The third kappa shape index (κ3) is 9.26. The number of amides is 2. The fraction of sp³-hybridized carbons (Fsp3) is 0.385. The second-order valence-electron chi connectivity index (χ2n) is 7.25. The first-order chi connectivity index (χ1) is 16.1. The van der Waals surface area contributed by atoms with Gasteiger partial charge >= 0.3 is 6.09 Å². The maximum Gasteiger partial charge on any atom is 0.408 e. The van der Waals surface area contributed by atoms with E-state index in [1.165, 1.54) is 0 Å². The molecule has 0 aromatic heterocycles. The van der Waals surface area contributed by atoms with Gasteiger partial charge in [0.15, 0.2) is 0 Å². The van der Waals surface area contributed by atoms with Gasteiger partial charge in [0, 0.05) is 24.2 Å². The van der Waals surface area contributed by atoms with Gasteiger partial charge < -0.3 is 24.8 Å². The van der Waals surface area contributed by atoms with Crippen molar-refractivity contribution in [2.75, 3.05) is 26.4 Å². The van der Waals surface area contributed by atoms with Crippen molar-refractivity contribution < 1.29 is 23.8 Å². The molecule has 33 heavy (non-hydrogen) atoms. The van der Waals surface area contributed by atoms with E-state index < -0.39 is 12.3 Å². The van der Waals surface area contributed by atoms with E-state index in [2.05, 4.69) is 16.6 Å². The van der Waals surface area contributed by atoms with E-state index in [4.69, 9.17) is 20.6 Å². The topological polar surface area (TPSA) is 85.9 Å². The molecular formula is C26H32N2O5. The molecule has 0 aliphatic heterocycles. The van der Waals surface area contributed by atoms with Crippen molar-refractivity contribution in [1.82, 2.24) is 10.6 Å². The lowest BCUT2D eigenvalue weighted by Crippen LogP contribution is -2.48. The standard InChI is InChI=1S/C26H32N2O5/c1-4-15-31-17-18-33-26(30)28-24(6-3)27-25(29)23-19-20(5-2)12-13-21(23)14-16-32-22-10-8-7-9-11-22/h2,7-13,19,24H,4,6,14-18H2,1,3H3,(H,27,29)(H,28,30). The highest BCUT2D eigenvalue weighted by Gasteiger charge is 2.18. The lowest BCUT2D eigenvalue weighted by molar-refractivity contribution is 0.0704. The summed E-state index contributed by atoms with van der Waals surface area (Å²) >= 11 is 0. The number of benzene rings is 2. The van der Waals surface area contributed by atoms with Gasteiger partial charge in [0.25, 0.3) is 5.91 Å². The molecule has 0 saturated carbocycles. The SMILES string of the molecule is C#Cc1ccc(CCOc2ccccc2)c(C(=O)NC(CC)NC(=O)OCCOCCC)c1. The molecule has 1 unspecified atom stereocenters. The van der Waals surface area contributed by atoms with Crippen LogP contribution in [0.2, 0.25) is 0 Å². The molecule has 1 atom stereocenters. The Hall–Kier alpha value is -3.50. The second-order valence-corrected chi connectivity index (χ2v) is 7.25. The van der Waals surface area contributed by atoms with Crippen LogP contribution >= 0.6 is 0 Å². The number of rotatable bonds is 13. The van der Waals surface area contributed by atoms with Gasteiger partial charge in [0.1, 0.15) is 18.5 Å². The van der Waals surface area contributed by atoms with Gasteiger partial charge in [-0.2, -0.15) is 0 Å². The predicted octanol–water partition coefficient (Wildman–Crippen LogP) is 3.91. The summed E-state index contributed by atoms with van der Waals surface area (Å²) in [4.78, 5) is 25.0. The van der Waals surface area contributed by atoms with Gasteiger partial charge in [-0.3, -0.25) is 4.79 Å². The van der Waals surface area contributed by atoms with Crippen molar-refractivity contribution in [3.05, 3.63) is 65.2 Å². The van der Waals surface area contributed by atoms with Crippen LogP contribution in [0.5, 0.6) is 5.75 Å². The summed E-state index contributed by atoms with van der Waals surface area (Å²) in [5.41, 5.74) is 1.84. The highest BCUT2D eigenvalue weighted by molar-refractivity contribution is 5.96. The van der Waals surface area contributed by atoms with Gasteiger partial charge in [0.2, 0.25) is 0 Å². The molecule has 2 rings (SSSR count). The van der Waals surface area contributed by atoms with Gasteiger partial charge in [-0.1, -0.05) is 44.0 Å². The molecule has 7 heteroatoms. The average Bonchev–Trinajstić information content (AvgIpc) is 2.84. The van der Waals surface area contributed by atoms with Gasteiger partial charge in [0.05, 0.1) is 13.2 Å². The first-order valence-electron chi connectivity index (χ1n) is 11.2. The van der Waals surface area contributed by atoms with Crippen molar-refractivity contribution in [2.24, 2.45) is 0 Å². The highest BCUT2D eigenvalue weighted by Crippen LogP contribution is 2.15. The normalized spacial score (nSPS) is 11.2. The summed E-state index contributed by atoms with van der Waals surface area (Å²) in [5, 5.41) is 5.49. The van der Waals surface area contributed by atoms with Crippen LogP contribution < -0.4 is 15.4 Å². The molecule has 0 aliphatic carbocycles. The van der Waals surface area contributed by atoms with E-state index in [9.17, 15) is 9.59 Å². The summed E-state index contributed by atoms with van der Waals surface area (Å²) in [6.07, 6.45) is 6.22. The van der Waals surface area contributed by atoms with E-state index in [-0.39, 0.29) is 12.5 Å². The second kappa shape index (κ2) is 14.5. The minimum Gasteiger partial charge on any atom is -0.493 e. The van der Waals surface area contributed by atoms with E-state index >= 15 is 0 Å². The molecule has 2 amide bonds. The van der Waals surface area contributed by atoms with Gasteiger partial charge in [-0.25, -0.2) is 4.79 Å². The van der Waals surface area contributed by atoms with Crippen molar-refractivity contribution in [3.8, 4) is 18.1 Å². The summed E-state index contributed by atoms with van der Waals surface area (Å²) in [5.74, 6) is 2.98. The van der Waals surface area contributed by atoms with Gasteiger partial charge in [-0.15, -0.1) is 6.42 Å². The van der Waals surface area contributed by atoms with Crippen LogP contribution in [-0.2, 0) is 15.9 Å². The molecule has 0 fully saturated rings. The van der Waals surface area contributed by atoms with Crippen LogP contribution in [-0.4, -0.2) is 44.6 Å². The molecule has 0 heterocycles.